The summed E-state index contributed by atoms with van der Waals surface area (Å²) in [6.07, 6.45) is 0. The molecule has 0 N–H and O–H groups in total. The first-order valence-corrected chi connectivity index (χ1v) is 17.3. The molecule has 0 unspecified atom stereocenters. The van der Waals surface area contributed by atoms with Crippen molar-refractivity contribution >= 4 is 63.8 Å². The van der Waals surface area contributed by atoms with Gasteiger partial charge in [-0.1, -0.05) is 146 Å². The number of fused-ring (bicyclic) bond motifs is 10. The van der Waals surface area contributed by atoms with E-state index >= 15 is 0 Å². The quantitative estimate of drug-likeness (QED) is 0.180. The Bertz CT molecular complexity index is 2860. The highest BCUT2D eigenvalue weighted by atomic mass is 32.1. The van der Waals surface area contributed by atoms with E-state index in [1.807, 2.05) is 35.6 Å². The molecule has 0 aliphatic heterocycles. The molecule has 0 radical (unpaired) electrons. The summed E-state index contributed by atoms with van der Waals surface area (Å²) in [6, 6.07) is 57.9. The van der Waals surface area contributed by atoms with Crippen LogP contribution in [-0.4, -0.2) is 15.0 Å². The zero-order chi connectivity index (χ0) is 32.3. The molecule has 0 atom stereocenters. The van der Waals surface area contributed by atoms with E-state index in [1.165, 1.54) is 58.1 Å². The van der Waals surface area contributed by atoms with Crippen molar-refractivity contribution in [2.24, 2.45) is 0 Å². The fourth-order valence-corrected chi connectivity index (χ4v) is 8.30. The van der Waals surface area contributed by atoms with Crippen molar-refractivity contribution in [1.29, 1.82) is 0 Å². The topological polar surface area (TPSA) is 38.7 Å². The number of aromatic nitrogens is 3. The maximum Gasteiger partial charge on any atom is 0.164 e. The highest BCUT2D eigenvalue weighted by molar-refractivity contribution is 7.26. The molecule has 0 fully saturated rings. The van der Waals surface area contributed by atoms with Gasteiger partial charge in [-0.15, -0.1) is 11.3 Å². The second-order valence-electron chi connectivity index (χ2n) is 12.4. The summed E-state index contributed by atoms with van der Waals surface area (Å²) in [5.41, 5.74) is 5.20. The molecule has 8 aromatic carbocycles. The zero-order valence-corrected chi connectivity index (χ0v) is 27.2. The van der Waals surface area contributed by atoms with Crippen LogP contribution in [0.25, 0.3) is 97.8 Å². The molecular formula is C45H27N3S. The van der Waals surface area contributed by atoms with Crippen molar-refractivity contribution < 1.29 is 0 Å². The lowest BCUT2D eigenvalue weighted by Gasteiger charge is -2.14. The molecule has 0 aliphatic carbocycles. The summed E-state index contributed by atoms with van der Waals surface area (Å²) < 4.78 is 2.62. The maximum atomic E-state index is 5.11. The Labute approximate surface area is 286 Å². The standard InChI is InChI=1S/C45H27N3S/c1-3-11-28(12-4-1)29-19-21-31(22-20-29)44-46-43(30-13-5-2-6-14-30)47-45(48-44)32-23-24-36-38(27-32)34-16-8-7-15-33(34)35-25-26-40-42(41(35)36)37-17-9-10-18-39(37)49-40/h1-27H. The van der Waals surface area contributed by atoms with E-state index in [9.17, 15) is 0 Å². The number of benzene rings is 8. The summed E-state index contributed by atoms with van der Waals surface area (Å²) in [4.78, 5) is 15.2. The summed E-state index contributed by atoms with van der Waals surface area (Å²) in [7, 11) is 0. The van der Waals surface area contributed by atoms with Crippen molar-refractivity contribution in [1.82, 2.24) is 15.0 Å². The lowest BCUT2D eigenvalue weighted by molar-refractivity contribution is 1.07. The molecule has 2 aromatic heterocycles. The third-order valence-electron chi connectivity index (χ3n) is 9.52. The Balaban J connectivity index is 1.21. The second-order valence-corrected chi connectivity index (χ2v) is 13.5. The van der Waals surface area contributed by atoms with Crippen LogP contribution in [0.5, 0.6) is 0 Å². The molecule has 49 heavy (non-hydrogen) atoms. The van der Waals surface area contributed by atoms with Crippen LogP contribution >= 0.6 is 11.3 Å². The smallest absolute Gasteiger partial charge is 0.164 e. The van der Waals surface area contributed by atoms with Gasteiger partial charge in [-0.25, -0.2) is 15.0 Å². The van der Waals surface area contributed by atoms with Gasteiger partial charge >= 0.3 is 0 Å². The number of hydrogen-bond acceptors (Lipinski definition) is 4. The third kappa shape index (κ3) is 4.61. The lowest BCUT2D eigenvalue weighted by Crippen LogP contribution is -2.00. The van der Waals surface area contributed by atoms with E-state index in [0.29, 0.717) is 17.5 Å². The minimum Gasteiger partial charge on any atom is -0.208 e. The van der Waals surface area contributed by atoms with E-state index in [0.717, 1.165) is 22.3 Å². The first-order valence-electron chi connectivity index (χ1n) is 16.4. The summed E-state index contributed by atoms with van der Waals surface area (Å²) in [5.74, 6) is 1.96. The molecule has 4 heteroatoms. The van der Waals surface area contributed by atoms with Crippen molar-refractivity contribution in [2.45, 2.75) is 0 Å². The number of nitrogens with zero attached hydrogens (tertiary/aromatic N) is 3. The van der Waals surface area contributed by atoms with E-state index in [2.05, 4.69) is 140 Å². The molecule has 2 heterocycles. The lowest BCUT2D eigenvalue weighted by atomic mass is 9.91. The minimum atomic E-state index is 0.651. The largest absolute Gasteiger partial charge is 0.208 e. The van der Waals surface area contributed by atoms with Gasteiger partial charge in [0.05, 0.1) is 0 Å². The summed E-state index contributed by atoms with van der Waals surface area (Å²) >= 11 is 1.86. The van der Waals surface area contributed by atoms with Crippen LogP contribution in [0.4, 0.5) is 0 Å². The minimum absolute atomic E-state index is 0.651. The van der Waals surface area contributed by atoms with Crippen molar-refractivity contribution in [3.63, 3.8) is 0 Å². The van der Waals surface area contributed by atoms with Gasteiger partial charge in [0.25, 0.3) is 0 Å². The molecule has 0 saturated carbocycles. The fourth-order valence-electron chi connectivity index (χ4n) is 7.19. The van der Waals surface area contributed by atoms with Crippen molar-refractivity contribution in [3.05, 3.63) is 164 Å². The molecule has 0 aliphatic rings. The van der Waals surface area contributed by atoms with E-state index in [-0.39, 0.29) is 0 Å². The Hall–Kier alpha value is -6.23. The van der Waals surface area contributed by atoms with Crippen molar-refractivity contribution in [3.8, 4) is 45.3 Å². The van der Waals surface area contributed by atoms with Crippen LogP contribution in [0.2, 0.25) is 0 Å². The molecule has 0 saturated heterocycles. The van der Waals surface area contributed by atoms with Gasteiger partial charge in [0, 0.05) is 36.9 Å². The molecule has 10 aromatic rings. The monoisotopic (exact) mass is 641 g/mol. The van der Waals surface area contributed by atoms with Crippen LogP contribution in [0.15, 0.2) is 164 Å². The Morgan fingerprint density at radius 1 is 0.286 bits per heavy atom. The Morgan fingerprint density at radius 2 is 0.755 bits per heavy atom. The van der Waals surface area contributed by atoms with Crippen LogP contribution in [-0.2, 0) is 0 Å². The number of hydrogen-bond donors (Lipinski definition) is 0. The molecule has 10 rings (SSSR count). The normalized spacial score (nSPS) is 11.7. The highest BCUT2D eigenvalue weighted by Crippen LogP contribution is 2.45. The first-order chi connectivity index (χ1) is 24.3. The highest BCUT2D eigenvalue weighted by Gasteiger charge is 2.17. The van der Waals surface area contributed by atoms with Gasteiger partial charge in [-0.3, -0.25) is 0 Å². The Morgan fingerprint density at radius 3 is 1.47 bits per heavy atom. The van der Waals surface area contributed by atoms with Crippen molar-refractivity contribution in [2.75, 3.05) is 0 Å². The predicted octanol–water partition coefficient (Wildman–Crippen LogP) is 12.4. The second kappa shape index (κ2) is 11.2. The summed E-state index contributed by atoms with van der Waals surface area (Å²) in [6.45, 7) is 0. The zero-order valence-electron chi connectivity index (χ0n) is 26.3. The molecule has 0 bridgehead atoms. The van der Waals surface area contributed by atoms with Gasteiger partial charge in [-0.05, 0) is 61.6 Å². The number of rotatable bonds is 4. The Kier molecular flexibility index (Phi) is 6.36. The predicted molar refractivity (Wildman–Crippen MR) is 207 cm³/mol. The van der Waals surface area contributed by atoms with Crippen LogP contribution in [0.1, 0.15) is 0 Å². The molecule has 0 spiro atoms. The molecule has 3 nitrogen and oxygen atoms in total. The van der Waals surface area contributed by atoms with Gasteiger partial charge < -0.3 is 0 Å². The van der Waals surface area contributed by atoms with E-state index in [4.69, 9.17) is 15.0 Å². The van der Waals surface area contributed by atoms with Gasteiger partial charge in [0.2, 0.25) is 0 Å². The van der Waals surface area contributed by atoms with Gasteiger partial charge in [-0.2, -0.15) is 0 Å². The van der Waals surface area contributed by atoms with Crippen LogP contribution < -0.4 is 0 Å². The SMILES string of the molecule is c1ccc(-c2ccc(-c3nc(-c4ccccc4)nc(-c4ccc5c(c4)c4ccccc4c4ccc6sc7ccccc7c6c45)n3)cc2)cc1. The van der Waals surface area contributed by atoms with E-state index in [1.54, 1.807) is 0 Å². The van der Waals surface area contributed by atoms with E-state index < -0.39 is 0 Å². The fraction of sp³-hybridized carbons (Fsp3) is 0. The first kappa shape index (κ1) is 27.8. The third-order valence-corrected chi connectivity index (χ3v) is 10.7. The summed E-state index contributed by atoms with van der Waals surface area (Å²) in [5, 5.41) is 10.1. The molecule has 0 amide bonds. The maximum absolute atomic E-state index is 5.11. The van der Waals surface area contributed by atoms with Gasteiger partial charge in [0.15, 0.2) is 17.5 Å². The number of thiophene rings is 1. The van der Waals surface area contributed by atoms with Crippen LogP contribution in [0, 0.1) is 0 Å². The average Bonchev–Trinajstić information content (AvgIpc) is 3.57. The molecule has 228 valence electrons. The van der Waals surface area contributed by atoms with Crippen LogP contribution in [0.3, 0.4) is 0 Å². The molecular weight excluding hydrogens is 615 g/mol. The average molecular weight is 642 g/mol. The van der Waals surface area contributed by atoms with Gasteiger partial charge in [0.1, 0.15) is 0 Å².